The molecule has 6 nitrogen and oxygen atoms in total. The zero-order valence-electron chi connectivity index (χ0n) is 15.0. The number of carbonyl (C=O) groups excluding carboxylic acids is 2. The van der Waals surface area contributed by atoms with Crippen LogP contribution in [-0.4, -0.2) is 35.9 Å². The van der Waals surface area contributed by atoms with Crippen molar-refractivity contribution in [2.45, 2.75) is 17.9 Å². The van der Waals surface area contributed by atoms with Crippen molar-refractivity contribution in [2.24, 2.45) is 5.92 Å². The Labute approximate surface area is 168 Å². The predicted octanol–water partition coefficient (Wildman–Crippen LogP) is 3.45. The maximum Gasteiger partial charge on any atom is 0.437 e. The van der Waals surface area contributed by atoms with Crippen molar-refractivity contribution < 1.29 is 32.6 Å². The Morgan fingerprint density at radius 1 is 1.14 bits per heavy atom. The lowest BCUT2D eigenvalue weighted by molar-refractivity contribution is -0.287. The lowest BCUT2D eigenvalue weighted by atomic mass is 9.77. The monoisotopic (exact) mass is 428 g/mol. The molecule has 1 aliphatic rings. The average Bonchev–Trinajstić information content (AvgIpc) is 2.67. The number of amides is 2. The van der Waals surface area contributed by atoms with E-state index in [1.54, 1.807) is 0 Å². The molecule has 0 aliphatic carbocycles. The number of carbonyl (C=O) groups is 2. The minimum Gasteiger partial charge on any atom is -0.497 e. The van der Waals surface area contributed by atoms with Gasteiger partial charge in [0, 0.05) is 10.6 Å². The number of Topliss-reactive ketones (excluding diaryl/α,β-unsaturated/α-hetero) is 1. The van der Waals surface area contributed by atoms with Crippen molar-refractivity contribution in [3.8, 4) is 5.75 Å². The molecule has 0 bridgehead atoms. The van der Waals surface area contributed by atoms with E-state index >= 15 is 0 Å². The van der Waals surface area contributed by atoms with Crippen LogP contribution in [0.2, 0.25) is 5.02 Å². The SMILES string of the molecule is COc1ccc([C@H]2NC(=O)N[C@@](O)(C(F)(F)F)[C@H]2C(=O)c2ccc(Cl)cc2)cc1. The highest BCUT2D eigenvalue weighted by molar-refractivity contribution is 6.30. The van der Waals surface area contributed by atoms with Gasteiger partial charge < -0.3 is 20.5 Å². The van der Waals surface area contributed by atoms with E-state index < -0.39 is 35.7 Å². The molecule has 1 aliphatic heterocycles. The first-order valence-electron chi connectivity index (χ1n) is 8.38. The summed E-state index contributed by atoms with van der Waals surface area (Å²) in [6.07, 6.45) is -5.32. The lowest BCUT2D eigenvalue weighted by Crippen LogP contribution is -2.72. The van der Waals surface area contributed by atoms with Gasteiger partial charge in [0.1, 0.15) is 11.7 Å². The maximum atomic E-state index is 13.8. The number of rotatable bonds is 4. The quantitative estimate of drug-likeness (QED) is 0.651. The van der Waals surface area contributed by atoms with Gasteiger partial charge in [-0.1, -0.05) is 23.7 Å². The molecule has 0 unspecified atom stereocenters. The Kier molecular flexibility index (Phi) is 5.46. The summed E-state index contributed by atoms with van der Waals surface area (Å²) >= 11 is 5.78. The molecule has 0 spiro atoms. The van der Waals surface area contributed by atoms with E-state index in [1.165, 1.54) is 61.0 Å². The lowest BCUT2D eigenvalue weighted by Gasteiger charge is -2.45. The zero-order valence-corrected chi connectivity index (χ0v) is 15.7. The van der Waals surface area contributed by atoms with Crippen LogP contribution in [0, 0.1) is 5.92 Å². The molecule has 1 heterocycles. The first kappa shape index (κ1) is 20.9. The van der Waals surface area contributed by atoms with E-state index in [1.807, 2.05) is 0 Å². The van der Waals surface area contributed by atoms with Gasteiger partial charge in [-0.2, -0.15) is 13.2 Å². The third-order valence-electron chi connectivity index (χ3n) is 4.69. The van der Waals surface area contributed by atoms with Gasteiger partial charge in [-0.05, 0) is 42.0 Å². The second-order valence-electron chi connectivity index (χ2n) is 6.46. The fourth-order valence-electron chi connectivity index (χ4n) is 3.22. The number of alkyl halides is 3. The molecule has 10 heteroatoms. The molecule has 1 saturated heterocycles. The van der Waals surface area contributed by atoms with E-state index in [0.29, 0.717) is 5.75 Å². The van der Waals surface area contributed by atoms with E-state index in [4.69, 9.17) is 16.3 Å². The van der Waals surface area contributed by atoms with Crippen molar-refractivity contribution in [3.63, 3.8) is 0 Å². The minimum atomic E-state index is -5.32. The van der Waals surface area contributed by atoms with Gasteiger partial charge >= 0.3 is 12.2 Å². The highest BCUT2D eigenvalue weighted by atomic mass is 35.5. The molecule has 2 aromatic carbocycles. The van der Waals surface area contributed by atoms with Gasteiger partial charge in [-0.25, -0.2) is 4.79 Å². The molecule has 3 N–H and O–H groups in total. The number of ether oxygens (including phenoxy) is 1. The number of methoxy groups -OCH3 is 1. The second kappa shape index (κ2) is 7.57. The first-order chi connectivity index (χ1) is 13.6. The van der Waals surface area contributed by atoms with E-state index in [0.717, 1.165) is 0 Å². The number of hydrogen-bond donors (Lipinski definition) is 3. The molecule has 29 heavy (non-hydrogen) atoms. The molecule has 3 atom stereocenters. The molecule has 0 aromatic heterocycles. The average molecular weight is 429 g/mol. The van der Waals surface area contributed by atoms with Crippen LogP contribution in [-0.2, 0) is 0 Å². The van der Waals surface area contributed by atoms with Gasteiger partial charge in [0.2, 0.25) is 5.72 Å². The smallest absolute Gasteiger partial charge is 0.437 e. The van der Waals surface area contributed by atoms with Crippen LogP contribution in [0.25, 0.3) is 0 Å². The molecule has 2 amide bonds. The highest BCUT2D eigenvalue weighted by Crippen LogP contribution is 2.44. The highest BCUT2D eigenvalue weighted by Gasteiger charge is 2.66. The van der Waals surface area contributed by atoms with Gasteiger partial charge in [-0.3, -0.25) is 4.79 Å². The molecular formula is C19H16ClF3N2O4. The second-order valence-corrected chi connectivity index (χ2v) is 6.90. The predicted molar refractivity (Wildman–Crippen MR) is 97.7 cm³/mol. The Morgan fingerprint density at radius 3 is 2.24 bits per heavy atom. The van der Waals surface area contributed by atoms with E-state index in [2.05, 4.69) is 5.32 Å². The van der Waals surface area contributed by atoms with Crippen molar-refractivity contribution >= 4 is 23.4 Å². The largest absolute Gasteiger partial charge is 0.497 e. The van der Waals surface area contributed by atoms with Gasteiger partial charge in [0.25, 0.3) is 0 Å². The van der Waals surface area contributed by atoms with Crippen LogP contribution in [0.4, 0.5) is 18.0 Å². The molecule has 2 aromatic rings. The zero-order chi connectivity index (χ0) is 21.4. The van der Waals surface area contributed by atoms with E-state index in [-0.39, 0.29) is 16.1 Å². The molecular weight excluding hydrogens is 413 g/mol. The number of urea groups is 1. The van der Waals surface area contributed by atoms with Crippen molar-refractivity contribution in [2.75, 3.05) is 7.11 Å². The number of nitrogens with one attached hydrogen (secondary N) is 2. The maximum absolute atomic E-state index is 13.8. The fraction of sp³-hybridized carbons (Fsp3) is 0.263. The molecule has 3 rings (SSSR count). The summed E-state index contributed by atoms with van der Waals surface area (Å²) < 4.78 is 46.5. The van der Waals surface area contributed by atoms with Gasteiger partial charge in [-0.15, -0.1) is 0 Å². The molecule has 1 fully saturated rings. The number of ketones is 1. The van der Waals surface area contributed by atoms with Crippen LogP contribution >= 0.6 is 11.6 Å². The number of halogens is 4. The Morgan fingerprint density at radius 2 is 1.72 bits per heavy atom. The van der Waals surface area contributed by atoms with Crippen LogP contribution in [0.5, 0.6) is 5.75 Å². The molecule has 154 valence electrons. The summed E-state index contributed by atoms with van der Waals surface area (Å²) in [7, 11) is 1.41. The Hall–Kier alpha value is -2.78. The summed E-state index contributed by atoms with van der Waals surface area (Å²) in [5.41, 5.74) is -3.69. The standard InChI is InChI=1S/C19H16ClF3N2O4/c1-29-13-8-4-10(5-9-13)15-14(16(26)11-2-6-12(20)7-3-11)18(28,19(21,22)23)25-17(27)24-15/h2-9,14-15,28H,1H3,(H2,24,25,27)/t14-,15-,18+/m1/s1. The topological polar surface area (TPSA) is 87.7 Å². The molecule has 0 saturated carbocycles. The number of aliphatic hydroxyl groups is 1. The van der Waals surface area contributed by atoms with Crippen molar-refractivity contribution in [1.29, 1.82) is 0 Å². The van der Waals surface area contributed by atoms with Crippen molar-refractivity contribution in [1.82, 2.24) is 10.6 Å². The minimum absolute atomic E-state index is 0.0986. The Balaban J connectivity index is 2.13. The van der Waals surface area contributed by atoms with Crippen LogP contribution in [0.1, 0.15) is 22.0 Å². The van der Waals surface area contributed by atoms with Crippen molar-refractivity contribution in [3.05, 3.63) is 64.7 Å². The summed E-state index contributed by atoms with van der Waals surface area (Å²) in [4.78, 5) is 25.0. The van der Waals surface area contributed by atoms with E-state index in [9.17, 15) is 27.9 Å². The normalized spacial score (nSPS) is 24.4. The fourth-order valence-corrected chi connectivity index (χ4v) is 3.35. The summed E-state index contributed by atoms with van der Waals surface area (Å²) in [5.74, 6) is -2.69. The van der Waals surface area contributed by atoms with Crippen LogP contribution in [0.3, 0.4) is 0 Å². The van der Waals surface area contributed by atoms with Gasteiger partial charge in [0.05, 0.1) is 13.2 Å². The summed E-state index contributed by atoms with van der Waals surface area (Å²) in [6.45, 7) is 0. The Bertz CT molecular complexity index is 919. The van der Waals surface area contributed by atoms with Gasteiger partial charge in [0.15, 0.2) is 5.78 Å². The summed E-state index contributed by atoms with van der Waals surface area (Å²) in [6, 6.07) is 8.25. The summed E-state index contributed by atoms with van der Waals surface area (Å²) in [5, 5.41) is 14.6. The third kappa shape index (κ3) is 3.88. The number of hydrogen-bond acceptors (Lipinski definition) is 4. The molecule has 0 radical (unpaired) electrons. The third-order valence-corrected chi connectivity index (χ3v) is 4.94. The first-order valence-corrected chi connectivity index (χ1v) is 8.76. The van der Waals surface area contributed by atoms with Crippen LogP contribution < -0.4 is 15.4 Å². The van der Waals surface area contributed by atoms with Crippen LogP contribution in [0.15, 0.2) is 48.5 Å². The number of benzene rings is 2.